The molecule has 1 saturated heterocycles. The second kappa shape index (κ2) is 5.62. The maximum Gasteiger partial charge on any atom is 0.331 e. The van der Waals surface area contributed by atoms with Gasteiger partial charge in [0.1, 0.15) is 6.54 Å². The molecule has 1 fully saturated rings. The van der Waals surface area contributed by atoms with Gasteiger partial charge in [-0.3, -0.25) is 19.8 Å². The molecule has 0 radical (unpaired) electrons. The van der Waals surface area contributed by atoms with Gasteiger partial charge in [-0.05, 0) is 18.4 Å². The molecule has 1 aromatic carbocycles. The van der Waals surface area contributed by atoms with Gasteiger partial charge < -0.3 is 5.73 Å². The molecule has 1 atom stereocenters. The predicted octanol–water partition coefficient (Wildman–Crippen LogP) is 0.0249. The van der Waals surface area contributed by atoms with Gasteiger partial charge in [-0.2, -0.15) is 0 Å². The van der Waals surface area contributed by atoms with Crippen LogP contribution in [-0.4, -0.2) is 35.3 Å². The Labute approximate surface area is 110 Å². The zero-order valence-electron chi connectivity index (χ0n) is 10.3. The molecule has 1 aromatic rings. The van der Waals surface area contributed by atoms with E-state index in [0.717, 1.165) is 10.5 Å². The molecule has 6 heteroatoms. The molecule has 0 spiro atoms. The molecule has 0 saturated carbocycles. The van der Waals surface area contributed by atoms with Gasteiger partial charge in [0.05, 0.1) is 6.04 Å². The van der Waals surface area contributed by atoms with Crippen molar-refractivity contribution in [2.75, 3.05) is 6.54 Å². The van der Waals surface area contributed by atoms with E-state index in [1.54, 1.807) is 0 Å². The van der Waals surface area contributed by atoms with E-state index in [2.05, 4.69) is 0 Å². The summed E-state index contributed by atoms with van der Waals surface area (Å²) in [4.78, 5) is 35.1. The average molecular weight is 261 g/mol. The van der Waals surface area contributed by atoms with E-state index in [9.17, 15) is 14.4 Å². The quantitative estimate of drug-likeness (QED) is 0.748. The lowest BCUT2D eigenvalue weighted by Crippen LogP contribution is -2.45. The number of nitrogens with zero attached hydrogens (tertiary/aromatic N) is 1. The Morgan fingerprint density at radius 1 is 1.32 bits per heavy atom. The van der Waals surface area contributed by atoms with Crippen molar-refractivity contribution in [3.63, 3.8) is 0 Å². The van der Waals surface area contributed by atoms with Crippen LogP contribution in [0.5, 0.6) is 0 Å². The number of urea groups is 1. The number of nitrogens with two attached hydrogens (primary N) is 1. The van der Waals surface area contributed by atoms with Crippen LogP contribution in [0.15, 0.2) is 30.3 Å². The molecule has 0 unspecified atom stereocenters. The van der Waals surface area contributed by atoms with Crippen LogP contribution >= 0.6 is 0 Å². The molecule has 100 valence electrons. The topological polar surface area (TPSA) is 92.5 Å². The third-order valence-corrected chi connectivity index (χ3v) is 2.96. The highest BCUT2D eigenvalue weighted by Crippen LogP contribution is 2.07. The summed E-state index contributed by atoms with van der Waals surface area (Å²) in [5, 5.41) is 2.05. The van der Waals surface area contributed by atoms with E-state index in [-0.39, 0.29) is 6.54 Å². The Morgan fingerprint density at radius 2 is 2.00 bits per heavy atom. The second-order valence-corrected chi connectivity index (χ2v) is 4.41. The van der Waals surface area contributed by atoms with Crippen LogP contribution in [0.4, 0.5) is 4.79 Å². The van der Waals surface area contributed by atoms with Crippen molar-refractivity contribution in [3.05, 3.63) is 35.9 Å². The molecular formula is C13H15N3O3. The van der Waals surface area contributed by atoms with Gasteiger partial charge >= 0.3 is 6.03 Å². The summed E-state index contributed by atoms with van der Waals surface area (Å²) >= 11 is 0. The molecule has 4 amide bonds. The zero-order valence-corrected chi connectivity index (χ0v) is 10.3. The third-order valence-electron chi connectivity index (χ3n) is 2.96. The fourth-order valence-electron chi connectivity index (χ4n) is 1.91. The molecule has 1 aliphatic heterocycles. The predicted molar refractivity (Wildman–Crippen MR) is 68.0 cm³/mol. The lowest BCUT2D eigenvalue weighted by atomic mass is 10.1. The van der Waals surface area contributed by atoms with Gasteiger partial charge in [0.2, 0.25) is 11.8 Å². The molecular weight excluding hydrogens is 246 g/mol. The number of nitrogens with one attached hydrogen (secondary N) is 1. The third kappa shape index (κ3) is 3.17. The molecule has 3 N–H and O–H groups in total. The summed E-state index contributed by atoms with van der Waals surface area (Å²) in [6.45, 7) is -0.239. The van der Waals surface area contributed by atoms with Crippen molar-refractivity contribution >= 4 is 17.8 Å². The number of carbonyl (C=O) groups excluding carboxylic acids is 3. The van der Waals surface area contributed by atoms with Crippen LogP contribution in [0.3, 0.4) is 0 Å². The Morgan fingerprint density at radius 3 is 2.58 bits per heavy atom. The first-order valence-electron chi connectivity index (χ1n) is 6.02. The summed E-state index contributed by atoms with van der Waals surface area (Å²) in [5.41, 5.74) is 6.85. The normalized spacial score (nSPS) is 16.4. The van der Waals surface area contributed by atoms with Crippen LogP contribution in [-0.2, 0) is 16.0 Å². The van der Waals surface area contributed by atoms with Crippen LogP contribution < -0.4 is 11.1 Å². The summed E-state index contributed by atoms with van der Waals surface area (Å²) in [7, 11) is 0. The molecule has 0 aliphatic carbocycles. The van der Waals surface area contributed by atoms with Gasteiger partial charge in [0.25, 0.3) is 0 Å². The van der Waals surface area contributed by atoms with Crippen LogP contribution in [0, 0.1) is 0 Å². The molecule has 0 bridgehead atoms. The first-order chi connectivity index (χ1) is 9.08. The lowest BCUT2D eigenvalue weighted by molar-refractivity contribution is -0.131. The minimum absolute atomic E-state index is 0.239. The van der Waals surface area contributed by atoms with E-state index >= 15 is 0 Å². The number of aryl methyl sites for hydroxylation is 1. The summed E-state index contributed by atoms with van der Waals surface area (Å²) < 4.78 is 0. The van der Waals surface area contributed by atoms with Gasteiger partial charge in [-0.25, -0.2) is 4.79 Å². The Bertz CT molecular complexity index is 501. The monoisotopic (exact) mass is 261 g/mol. The fraction of sp³-hybridized carbons (Fsp3) is 0.308. The summed E-state index contributed by atoms with van der Waals surface area (Å²) in [6.07, 6.45) is 1.08. The van der Waals surface area contributed by atoms with E-state index in [4.69, 9.17) is 5.73 Å². The number of benzene rings is 1. The minimum Gasteiger partial charge on any atom is -0.320 e. The zero-order chi connectivity index (χ0) is 13.8. The van der Waals surface area contributed by atoms with Gasteiger partial charge in [0.15, 0.2) is 0 Å². The van der Waals surface area contributed by atoms with Crippen molar-refractivity contribution in [2.24, 2.45) is 5.73 Å². The molecule has 19 heavy (non-hydrogen) atoms. The fourth-order valence-corrected chi connectivity index (χ4v) is 1.91. The molecule has 6 nitrogen and oxygen atoms in total. The van der Waals surface area contributed by atoms with Gasteiger partial charge in [0, 0.05) is 0 Å². The number of hydrogen-bond acceptors (Lipinski definition) is 4. The Balaban J connectivity index is 1.89. The van der Waals surface area contributed by atoms with Crippen molar-refractivity contribution in [1.82, 2.24) is 10.2 Å². The first-order valence-corrected chi connectivity index (χ1v) is 6.02. The highest BCUT2D eigenvalue weighted by atomic mass is 16.2. The molecule has 1 aliphatic rings. The largest absolute Gasteiger partial charge is 0.331 e. The van der Waals surface area contributed by atoms with Crippen LogP contribution in [0.1, 0.15) is 12.0 Å². The first kappa shape index (κ1) is 13.2. The molecule has 0 aromatic heterocycles. The van der Waals surface area contributed by atoms with Crippen LogP contribution in [0.25, 0.3) is 0 Å². The van der Waals surface area contributed by atoms with Crippen molar-refractivity contribution in [2.45, 2.75) is 18.9 Å². The Hall–Kier alpha value is -2.21. The lowest BCUT2D eigenvalue weighted by Gasteiger charge is -2.16. The second-order valence-electron chi connectivity index (χ2n) is 4.41. The van der Waals surface area contributed by atoms with E-state index in [1.807, 2.05) is 35.6 Å². The standard InChI is InChI=1S/C13H15N3O3/c14-10(7-6-9-4-2-1-3-5-9)12(18)16-8-11(17)15-13(16)19/h1-5,10H,6-8,14H2,(H,15,17,19)/t10-/m0/s1. The maximum atomic E-state index is 11.9. The van der Waals surface area contributed by atoms with Crippen molar-refractivity contribution in [3.8, 4) is 0 Å². The number of hydrogen-bond donors (Lipinski definition) is 2. The van der Waals surface area contributed by atoms with E-state index < -0.39 is 23.9 Å². The average Bonchev–Trinajstić information content (AvgIpc) is 2.75. The van der Waals surface area contributed by atoms with Gasteiger partial charge in [-0.1, -0.05) is 30.3 Å². The Kier molecular flexibility index (Phi) is 3.91. The van der Waals surface area contributed by atoms with Crippen molar-refractivity contribution < 1.29 is 14.4 Å². The maximum absolute atomic E-state index is 11.9. The highest BCUT2D eigenvalue weighted by molar-refractivity contribution is 6.10. The number of amides is 4. The van der Waals surface area contributed by atoms with Crippen molar-refractivity contribution in [1.29, 1.82) is 0 Å². The van der Waals surface area contributed by atoms with E-state index in [0.29, 0.717) is 12.8 Å². The number of rotatable bonds is 4. The van der Waals surface area contributed by atoms with Crippen LogP contribution in [0.2, 0.25) is 0 Å². The molecule has 1 heterocycles. The SMILES string of the molecule is N[C@@H](CCc1ccccc1)C(=O)N1CC(=O)NC1=O. The van der Waals surface area contributed by atoms with E-state index in [1.165, 1.54) is 0 Å². The van der Waals surface area contributed by atoms with Gasteiger partial charge in [-0.15, -0.1) is 0 Å². The summed E-state index contributed by atoms with van der Waals surface area (Å²) in [6, 6.07) is 8.16. The molecule has 2 rings (SSSR count). The minimum atomic E-state index is -0.781. The summed E-state index contributed by atoms with van der Waals surface area (Å²) in [5.74, 6) is -0.993. The number of carbonyl (C=O) groups is 3. The highest BCUT2D eigenvalue weighted by Gasteiger charge is 2.34. The smallest absolute Gasteiger partial charge is 0.320 e. The number of imide groups is 2.